The molecule has 0 aromatic rings. The van der Waals surface area contributed by atoms with Crippen LogP contribution in [0.5, 0.6) is 0 Å². The number of allylic oxidation sites excluding steroid dienone is 1. The number of ether oxygens (including phenoxy) is 10. The largest absolute Gasteiger partial charge is 0.394 e. The Kier molecular flexibility index (Phi) is 16.7. The standard InChI is InChI=1S/C51H82O24/c1-19-7-12-51(75-44(19)73-47-41(65)38(62)34(58)29(17-54)69-47)20(2)31-26(74-51)14-25-23-6-5-21-13-22(8-10-49(21,3)24(23)9-11-50(25,31)4)66-48-43(72-46-40(64)37(61)33(57)28(16-53)68-46)42(35(59)30(18-55)70-48)71-45-39(63)36(60)32(56)27(15-52)67-45/h5,19-20,22-48,52-65H,6-18H2,1-4H3/t19-,20+,22+,23+,24-,25+,26-,27-,28-,29-,30-,31-,32+,33+,34-,35-,36+,37+,38+,39-,40-,41-,42+,43-,44-,45+,46+,47+,48-,49+,50+,51+/m1/s1. The van der Waals surface area contributed by atoms with Crippen molar-refractivity contribution >= 4 is 0 Å². The molecule has 0 unspecified atom stereocenters. The van der Waals surface area contributed by atoms with Crippen LogP contribution in [-0.4, -0.2) is 245 Å². The molecule has 1 spiro atoms. The van der Waals surface area contributed by atoms with Gasteiger partial charge in [-0.1, -0.05) is 39.3 Å². The molecule has 0 aromatic heterocycles. The lowest BCUT2D eigenvalue weighted by atomic mass is 9.47. The van der Waals surface area contributed by atoms with Crippen molar-refractivity contribution in [3.8, 4) is 0 Å². The Labute approximate surface area is 434 Å². The first-order chi connectivity index (χ1) is 35.6. The first kappa shape index (κ1) is 57.0. The third kappa shape index (κ3) is 9.71. The van der Waals surface area contributed by atoms with E-state index in [2.05, 4.69) is 26.8 Å². The first-order valence-corrected chi connectivity index (χ1v) is 27.2. The van der Waals surface area contributed by atoms with Gasteiger partial charge in [0.2, 0.25) is 0 Å². The van der Waals surface area contributed by atoms with E-state index in [1.165, 1.54) is 5.57 Å². The molecule has 24 nitrogen and oxygen atoms in total. The van der Waals surface area contributed by atoms with Crippen molar-refractivity contribution in [1.82, 2.24) is 0 Å². The molecule has 14 N–H and O–H groups in total. The Balaban J connectivity index is 0.844. The second-order valence-electron chi connectivity index (χ2n) is 24.0. The zero-order valence-electron chi connectivity index (χ0n) is 42.9. The van der Waals surface area contributed by atoms with Crippen LogP contribution in [0.25, 0.3) is 0 Å². The molecule has 6 heterocycles. The van der Waals surface area contributed by atoms with E-state index in [1.807, 2.05) is 6.92 Å². The zero-order chi connectivity index (χ0) is 53.8. The van der Waals surface area contributed by atoms with E-state index >= 15 is 0 Å². The van der Waals surface area contributed by atoms with E-state index in [4.69, 9.17) is 47.4 Å². The van der Waals surface area contributed by atoms with Crippen LogP contribution in [0.1, 0.15) is 85.5 Å². The summed E-state index contributed by atoms with van der Waals surface area (Å²) < 4.78 is 62.4. The minimum absolute atomic E-state index is 0.00964. The van der Waals surface area contributed by atoms with E-state index in [0.717, 1.165) is 32.1 Å². The lowest BCUT2D eigenvalue weighted by Crippen LogP contribution is -2.67. The maximum absolute atomic E-state index is 11.7. The molecule has 75 heavy (non-hydrogen) atoms. The zero-order valence-corrected chi connectivity index (χ0v) is 42.9. The molecule has 6 saturated heterocycles. The molecular weight excluding hydrogens is 997 g/mol. The molecule has 3 saturated carbocycles. The molecule has 32 atom stereocenters. The number of aliphatic hydroxyl groups excluding tert-OH is 14. The second-order valence-corrected chi connectivity index (χ2v) is 24.0. The van der Waals surface area contributed by atoms with Crippen molar-refractivity contribution in [2.24, 2.45) is 46.3 Å². The molecule has 4 aliphatic carbocycles. The molecule has 10 rings (SSSR count). The van der Waals surface area contributed by atoms with Gasteiger partial charge in [-0.3, -0.25) is 0 Å². The predicted molar refractivity (Wildman–Crippen MR) is 249 cm³/mol. The normalized spacial score (nSPS) is 56.9. The third-order valence-corrected chi connectivity index (χ3v) is 20.0. The summed E-state index contributed by atoms with van der Waals surface area (Å²) in [6, 6.07) is 0. The highest BCUT2D eigenvalue weighted by Crippen LogP contribution is 2.71. The van der Waals surface area contributed by atoms with Gasteiger partial charge in [0.15, 0.2) is 37.2 Å². The molecular formula is C51H82O24. The highest BCUT2D eigenvalue weighted by molar-refractivity contribution is 5.26. The molecule has 0 amide bonds. The Morgan fingerprint density at radius 1 is 0.520 bits per heavy atom. The predicted octanol–water partition coefficient (Wildman–Crippen LogP) is -3.67. The van der Waals surface area contributed by atoms with Crippen molar-refractivity contribution in [1.29, 1.82) is 0 Å². The van der Waals surface area contributed by atoms with Gasteiger partial charge in [-0.2, -0.15) is 0 Å². The highest BCUT2D eigenvalue weighted by atomic mass is 16.8. The summed E-state index contributed by atoms with van der Waals surface area (Å²) in [5.41, 5.74) is 0.967. The number of hydrogen-bond acceptors (Lipinski definition) is 24. The molecule has 0 radical (unpaired) electrons. The molecule has 24 heteroatoms. The van der Waals surface area contributed by atoms with Gasteiger partial charge in [-0.15, -0.1) is 0 Å². The van der Waals surface area contributed by atoms with Gasteiger partial charge in [0, 0.05) is 18.3 Å². The summed E-state index contributed by atoms with van der Waals surface area (Å²) in [4.78, 5) is 0. The van der Waals surface area contributed by atoms with E-state index in [9.17, 15) is 71.5 Å². The van der Waals surface area contributed by atoms with Crippen LogP contribution in [0.2, 0.25) is 0 Å². The molecule has 430 valence electrons. The molecule has 0 bridgehead atoms. The first-order valence-electron chi connectivity index (χ1n) is 27.2. The van der Waals surface area contributed by atoms with Crippen molar-refractivity contribution in [2.75, 3.05) is 26.4 Å². The Bertz CT molecular complexity index is 1980. The topological polar surface area (TPSA) is 376 Å². The lowest BCUT2D eigenvalue weighted by molar-refractivity contribution is -0.398. The van der Waals surface area contributed by atoms with Gasteiger partial charge in [0.25, 0.3) is 0 Å². The summed E-state index contributed by atoms with van der Waals surface area (Å²) in [6.07, 6.45) is -24.7. The van der Waals surface area contributed by atoms with Crippen molar-refractivity contribution in [3.05, 3.63) is 11.6 Å². The highest BCUT2D eigenvalue weighted by Gasteiger charge is 2.70. The fourth-order valence-corrected chi connectivity index (χ4v) is 15.6. The maximum atomic E-state index is 11.7. The van der Waals surface area contributed by atoms with Gasteiger partial charge in [0.1, 0.15) is 97.7 Å². The van der Waals surface area contributed by atoms with Crippen LogP contribution in [0.15, 0.2) is 11.6 Å². The average molecular weight is 1080 g/mol. The minimum Gasteiger partial charge on any atom is -0.394 e. The molecule has 6 aliphatic heterocycles. The Morgan fingerprint density at radius 3 is 1.60 bits per heavy atom. The number of rotatable bonds is 12. The quantitative estimate of drug-likeness (QED) is 0.0838. The minimum atomic E-state index is -1.91. The van der Waals surface area contributed by atoms with E-state index in [1.54, 1.807) is 0 Å². The van der Waals surface area contributed by atoms with Gasteiger partial charge >= 0.3 is 0 Å². The number of fused-ring (bicyclic) bond motifs is 7. The number of aliphatic hydroxyl groups is 14. The van der Waals surface area contributed by atoms with Gasteiger partial charge in [0.05, 0.1) is 38.6 Å². The summed E-state index contributed by atoms with van der Waals surface area (Å²) in [7, 11) is 0. The third-order valence-electron chi connectivity index (χ3n) is 20.0. The van der Waals surface area contributed by atoms with Crippen LogP contribution in [-0.2, 0) is 47.4 Å². The van der Waals surface area contributed by atoms with Crippen LogP contribution in [0.4, 0.5) is 0 Å². The van der Waals surface area contributed by atoms with Crippen LogP contribution in [0.3, 0.4) is 0 Å². The smallest absolute Gasteiger partial charge is 0.189 e. The van der Waals surface area contributed by atoms with Gasteiger partial charge in [-0.05, 0) is 85.9 Å². The van der Waals surface area contributed by atoms with Crippen LogP contribution >= 0.6 is 0 Å². The van der Waals surface area contributed by atoms with Crippen molar-refractivity contribution < 1.29 is 119 Å². The fraction of sp³-hybridized carbons (Fsp3) is 0.961. The Hall–Kier alpha value is -1.22. The fourth-order valence-electron chi connectivity index (χ4n) is 15.6. The molecule has 10 aliphatic rings. The van der Waals surface area contributed by atoms with Gasteiger partial charge < -0.3 is 119 Å². The lowest BCUT2D eigenvalue weighted by Gasteiger charge is -2.59. The SMILES string of the molecule is C[C@@H]1CC[C@@]2(O[C@H]1O[C@@H]1O[C@H](CO)[C@@H](O)[C@H](O)[C@H]1O)O[C@@H]1C[C@H]3[C@H]4CC=C5C[C@@H](O[C@@H]6O[C@H](CO)[C@@H](O)[C@H](O[C@@H]7O[C@H](CO)[C@H](O)[C@H](O)[C@H]7O)[C@H]6O[C@@H]6O[C@H](CO)[C@H](O)[C@H](O)[C@H]6O)CC[C@]5(C)[C@@H]4CC[C@]3(C)[C@@H]1[C@@H]2C. The van der Waals surface area contributed by atoms with E-state index in [0.29, 0.717) is 43.4 Å². The summed E-state index contributed by atoms with van der Waals surface area (Å²) in [6.45, 7) is 6.04. The maximum Gasteiger partial charge on any atom is 0.189 e. The average Bonchev–Trinajstić information content (AvgIpc) is 3.86. The number of hydrogen-bond donors (Lipinski definition) is 14. The molecule has 0 aromatic carbocycles. The summed E-state index contributed by atoms with van der Waals surface area (Å²) >= 11 is 0. The van der Waals surface area contributed by atoms with Crippen molar-refractivity contribution in [2.45, 2.75) is 233 Å². The van der Waals surface area contributed by atoms with Crippen LogP contribution in [0, 0.1) is 46.3 Å². The van der Waals surface area contributed by atoms with Crippen LogP contribution < -0.4 is 0 Å². The van der Waals surface area contributed by atoms with E-state index in [-0.39, 0.29) is 34.7 Å². The van der Waals surface area contributed by atoms with E-state index < -0.39 is 167 Å². The Morgan fingerprint density at radius 2 is 1.04 bits per heavy atom. The molecule has 9 fully saturated rings. The monoisotopic (exact) mass is 1080 g/mol. The second kappa shape index (κ2) is 21.9. The summed E-state index contributed by atoms with van der Waals surface area (Å²) in [5, 5.41) is 148. The van der Waals surface area contributed by atoms with Crippen molar-refractivity contribution in [3.63, 3.8) is 0 Å². The summed E-state index contributed by atoms with van der Waals surface area (Å²) in [5.74, 6) is 0.202. The van der Waals surface area contributed by atoms with Gasteiger partial charge in [-0.25, -0.2) is 0 Å².